The van der Waals surface area contributed by atoms with Crippen molar-refractivity contribution in [3.05, 3.63) is 23.8 Å². The topological polar surface area (TPSA) is 38.3 Å². The number of hydrogen-bond donors (Lipinski definition) is 1. The van der Waals surface area contributed by atoms with Gasteiger partial charge in [0.15, 0.2) is 0 Å². The van der Waals surface area contributed by atoms with Crippen molar-refractivity contribution in [2.45, 2.75) is 25.1 Å². The van der Waals surface area contributed by atoms with Crippen LogP contribution in [0.4, 0.5) is 5.69 Å². The van der Waals surface area contributed by atoms with Gasteiger partial charge in [0.25, 0.3) is 0 Å². The van der Waals surface area contributed by atoms with Crippen LogP contribution in [0, 0.1) is 6.92 Å². The van der Waals surface area contributed by atoms with Gasteiger partial charge in [-0.05, 0) is 31.0 Å². The molecule has 0 unspecified atom stereocenters. The maximum absolute atomic E-state index is 11.7. The summed E-state index contributed by atoms with van der Waals surface area (Å²) in [6, 6.07) is 5.69. The Morgan fingerprint density at radius 2 is 2.25 bits per heavy atom. The fourth-order valence-electron chi connectivity index (χ4n) is 1.32. The van der Waals surface area contributed by atoms with Crippen LogP contribution in [-0.4, -0.2) is 17.8 Å². The second kappa shape index (κ2) is 5.89. The first-order valence-electron chi connectivity index (χ1n) is 5.18. The molecule has 0 aliphatic heterocycles. The number of anilines is 1. The Bertz CT molecular complexity index is 379. The van der Waals surface area contributed by atoms with E-state index in [2.05, 4.69) is 21.2 Å². The molecule has 1 aromatic carbocycles. The third kappa shape index (κ3) is 3.23. The van der Waals surface area contributed by atoms with Gasteiger partial charge in [-0.3, -0.25) is 4.79 Å². The summed E-state index contributed by atoms with van der Waals surface area (Å²) in [6.07, 6.45) is 0.750. The minimum absolute atomic E-state index is 0.0496. The van der Waals surface area contributed by atoms with Gasteiger partial charge in [0.1, 0.15) is 5.75 Å². The highest BCUT2D eigenvalue weighted by atomic mass is 79.9. The maximum atomic E-state index is 11.7. The zero-order valence-corrected chi connectivity index (χ0v) is 11.3. The Balaban J connectivity index is 2.87. The highest BCUT2D eigenvalue weighted by Crippen LogP contribution is 2.25. The van der Waals surface area contributed by atoms with E-state index in [1.807, 2.05) is 32.0 Å². The molecule has 0 aromatic heterocycles. The molecule has 0 bridgehead atoms. The highest BCUT2D eigenvalue weighted by molar-refractivity contribution is 9.10. The molecule has 0 aliphatic carbocycles. The van der Waals surface area contributed by atoms with Crippen LogP contribution in [0.25, 0.3) is 0 Å². The fourth-order valence-corrected chi connectivity index (χ4v) is 1.43. The molecular formula is C12H16BrNO2. The summed E-state index contributed by atoms with van der Waals surface area (Å²) in [4.78, 5) is 11.5. The molecule has 1 aromatic rings. The van der Waals surface area contributed by atoms with E-state index in [9.17, 15) is 4.79 Å². The largest absolute Gasteiger partial charge is 0.495 e. The smallest absolute Gasteiger partial charge is 0.238 e. The molecule has 1 rings (SSSR count). The summed E-state index contributed by atoms with van der Waals surface area (Å²) in [5, 5.41) is 2.84. The van der Waals surface area contributed by atoms with Crippen LogP contribution in [0.2, 0.25) is 0 Å². The number of benzene rings is 1. The van der Waals surface area contributed by atoms with Crippen LogP contribution in [0.15, 0.2) is 18.2 Å². The van der Waals surface area contributed by atoms with Gasteiger partial charge in [-0.2, -0.15) is 0 Å². The lowest BCUT2D eigenvalue weighted by Gasteiger charge is -2.12. The van der Waals surface area contributed by atoms with Gasteiger partial charge in [-0.15, -0.1) is 0 Å². The zero-order chi connectivity index (χ0) is 12.1. The lowest BCUT2D eigenvalue weighted by Crippen LogP contribution is -2.22. The van der Waals surface area contributed by atoms with E-state index in [4.69, 9.17) is 4.74 Å². The molecule has 0 spiro atoms. The molecular weight excluding hydrogens is 270 g/mol. The lowest BCUT2D eigenvalue weighted by molar-refractivity contribution is -0.115. The quantitative estimate of drug-likeness (QED) is 0.864. The molecule has 0 saturated carbocycles. The molecule has 0 heterocycles. The number of halogens is 1. The number of nitrogens with one attached hydrogen (secondary N) is 1. The third-order valence-electron chi connectivity index (χ3n) is 2.26. The molecule has 3 nitrogen and oxygen atoms in total. The van der Waals surface area contributed by atoms with E-state index < -0.39 is 0 Å². The average molecular weight is 286 g/mol. The van der Waals surface area contributed by atoms with Crippen molar-refractivity contribution in [2.24, 2.45) is 0 Å². The first kappa shape index (κ1) is 13.0. The monoisotopic (exact) mass is 285 g/mol. The number of ether oxygens (including phenoxy) is 1. The summed E-state index contributed by atoms with van der Waals surface area (Å²) in [6.45, 7) is 3.92. The molecule has 88 valence electrons. The van der Waals surface area contributed by atoms with E-state index in [1.165, 1.54) is 0 Å². The summed E-state index contributed by atoms with van der Waals surface area (Å²) in [7, 11) is 1.59. The number of rotatable bonds is 4. The minimum Gasteiger partial charge on any atom is -0.495 e. The molecule has 4 heteroatoms. The Morgan fingerprint density at radius 1 is 1.56 bits per heavy atom. The van der Waals surface area contributed by atoms with Gasteiger partial charge >= 0.3 is 0 Å². The van der Waals surface area contributed by atoms with Crippen molar-refractivity contribution in [3.63, 3.8) is 0 Å². The van der Waals surface area contributed by atoms with E-state index in [1.54, 1.807) is 7.11 Å². The van der Waals surface area contributed by atoms with E-state index >= 15 is 0 Å². The Kier molecular flexibility index (Phi) is 4.80. The van der Waals surface area contributed by atoms with Crippen molar-refractivity contribution in [3.8, 4) is 5.75 Å². The van der Waals surface area contributed by atoms with E-state index in [0.717, 1.165) is 12.0 Å². The van der Waals surface area contributed by atoms with Crippen molar-refractivity contribution in [2.75, 3.05) is 12.4 Å². The first-order valence-corrected chi connectivity index (χ1v) is 6.09. The normalized spacial score (nSPS) is 12.0. The van der Waals surface area contributed by atoms with Gasteiger partial charge in [0.2, 0.25) is 5.91 Å². The Hall–Kier alpha value is -1.03. The van der Waals surface area contributed by atoms with Crippen LogP contribution >= 0.6 is 15.9 Å². The van der Waals surface area contributed by atoms with Crippen molar-refractivity contribution in [1.82, 2.24) is 0 Å². The van der Waals surface area contributed by atoms with Crippen molar-refractivity contribution >= 4 is 27.5 Å². The van der Waals surface area contributed by atoms with Crippen LogP contribution < -0.4 is 10.1 Å². The number of aryl methyl sites for hydroxylation is 1. The molecule has 0 fully saturated rings. The molecule has 1 amide bonds. The predicted octanol–water partition coefficient (Wildman–Crippen LogP) is 3.12. The van der Waals surface area contributed by atoms with Crippen molar-refractivity contribution < 1.29 is 9.53 Å². The van der Waals surface area contributed by atoms with Crippen LogP contribution in [0.3, 0.4) is 0 Å². The Morgan fingerprint density at radius 3 is 2.81 bits per heavy atom. The van der Waals surface area contributed by atoms with Gasteiger partial charge in [-0.25, -0.2) is 0 Å². The number of carbonyl (C=O) groups is 1. The van der Waals surface area contributed by atoms with E-state index in [0.29, 0.717) is 11.4 Å². The summed E-state index contributed by atoms with van der Waals surface area (Å²) >= 11 is 3.31. The van der Waals surface area contributed by atoms with E-state index in [-0.39, 0.29) is 10.7 Å². The standard InChI is InChI=1S/C12H16BrNO2/c1-4-9(13)12(15)14-10-7-8(2)5-6-11(10)16-3/h5-7,9H,4H2,1-3H3,(H,14,15)/t9-/m0/s1. The number of amides is 1. The second-order valence-electron chi connectivity index (χ2n) is 3.57. The summed E-state index contributed by atoms with van der Waals surface area (Å²) in [5.41, 5.74) is 1.80. The Labute approximate surface area is 104 Å². The van der Waals surface area contributed by atoms with Crippen molar-refractivity contribution in [1.29, 1.82) is 0 Å². The first-order chi connectivity index (χ1) is 7.58. The molecule has 0 radical (unpaired) electrons. The number of alkyl halides is 1. The summed E-state index contributed by atoms with van der Waals surface area (Å²) < 4.78 is 5.18. The molecule has 0 aliphatic rings. The fraction of sp³-hybridized carbons (Fsp3) is 0.417. The predicted molar refractivity (Wildman–Crippen MR) is 69.4 cm³/mol. The summed E-state index contributed by atoms with van der Waals surface area (Å²) in [5.74, 6) is 0.626. The number of carbonyl (C=O) groups excluding carboxylic acids is 1. The van der Waals surface area contributed by atoms with Crippen LogP contribution in [-0.2, 0) is 4.79 Å². The van der Waals surface area contributed by atoms with Gasteiger partial charge in [0, 0.05) is 0 Å². The maximum Gasteiger partial charge on any atom is 0.238 e. The number of hydrogen-bond acceptors (Lipinski definition) is 2. The van der Waals surface area contributed by atoms with Crippen LogP contribution in [0.1, 0.15) is 18.9 Å². The molecule has 1 atom stereocenters. The number of methoxy groups -OCH3 is 1. The van der Waals surface area contributed by atoms with Gasteiger partial charge < -0.3 is 10.1 Å². The molecule has 16 heavy (non-hydrogen) atoms. The zero-order valence-electron chi connectivity index (χ0n) is 9.71. The van der Waals surface area contributed by atoms with Gasteiger partial charge in [0.05, 0.1) is 17.6 Å². The molecule has 0 saturated heterocycles. The van der Waals surface area contributed by atoms with Gasteiger partial charge in [-0.1, -0.05) is 28.9 Å². The average Bonchev–Trinajstić information content (AvgIpc) is 2.28. The highest BCUT2D eigenvalue weighted by Gasteiger charge is 2.14. The van der Waals surface area contributed by atoms with Crippen LogP contribution in [0.5, 0.6) is 5.75 Å². The second-order valence-corrected chi connectivity index (χ2v) is 4.67. The SMILES string of the molecule is CC[C@H](Br)C(=O)Nc1cc(C)ccc1OC. The lowest BCUT2D eigenvalue weighted by atomic mass is 10.2. The third-order valence-corrected chi connectivity index (χ3v) is 3.32. The minimum atomic E-state index is -0.169. The molecule has 1 N–H and O–H groups in total.